The summed E-state index contributed by atoms with van der Waals surface area (Å²) in [5.74, 6) is 1.29. The van der Waals surface area contributed by atoms with Crippen molar-refractivity contribution in [3.63, 3.8) is 0 Å². The molecule has 0 saturated carbocycles. The third kappa shape index (κ3) is 5.63. The predicted molar refractivity (Wildman–Crippen MR) is 130 cm³/mol. The average Bonchev–Trinajstić information content (AvgIpc) is 3.26. The summed E-state index contributed by atoms with van der Waals surface area (Å²) in [4.78, 5) is 26.1. The zero-order valence-electron chi connectivity index (χ0n) is 19.7. The predicted octanol–water partition coefficient (Wildman–Crippen LogP) is 6.14. The molecule has 1 N–H and O–H groups in total. The Morgan fingerprint density at radius 2 is 1.85 bits per heavy atom. The fraction of sp³-hybridized carbons (Fsp3) is 0.346. The van der Waals surface area contributed by atoms with E-state index in [0.717, 1.165) is 35.5 Å². The van der Waals surface area contributed by atoms with Crippen LogP contribution in [-0.4, -0.2) is 28.8 Å². The molecule has 0 aliphatic carbocycles. The molecule has 1 saturated heterocycles. The van der Waals surface area contributed by atoms with Crippen LogP contribution in [0.3, 0.4) is 0 Å². The monoisotopic (exact) mass is 463 g/mol. The van der Waals surface area contributed by atoms with Crippen LogP contribution in [0.25, 0.3) is 0 Å². The SMILES string of the molecule is Cc1cc(C)c(C)c(Oc2cc(NC(=O)c3ccc(CN4CCCCC4)o3)cc([N+](=O)[O-])c2)c1. The lowest BCUT2D eigenvalue weighted by atomic mass is 10.1. The first-order valence-electron chi connectivity index (χ1n) is 11.5. The zero-order valence-corrected chi connectivity index (χ0v) is 19.7. The van der Waals surface area contributed by atoms with Crippen LogP contribution in [0.4, 0.5) is 11.4 Å². The smallest absolute Gasteiger partial charge is 0.291 e. The number of amides is 1. The normalized spacial score (nSPS) is 14.1. The number of nitrogens with zero attached hydrogens (tertiary/aromatic N) is 2. The van der Waals surface area contributed by atoms with Crippen molar-refractivity contribution in [3.05, 3.63) is 80.8 Å². The Morgan fingerprint density at radius 3 is 2.59 bits per heavy atom. The van der Waals surface area contributed by atoms with Crippen LogP contribution >= 0.6 is 0 Å². The topological polar surface area (TPSA) is 97.8 Å². The number of aryl methyl sites for hydroxylation is 2. The molecule has 2 heterocycles. The van der Waals surface area contributed by atoms with Gasteiger partial charge in [-0.1, -0.05) is 12.5 Å². The van der Waals surface area contributed by atoms with Gasteiger partial charge in [0.25, 0.3) is 11.6 Å². The van der Waals surface area contributed by atoms with Crippen molar-refractivity contribution in [1.82, 2.24) is 4.90 Å². The van der Waals surface area contributed by atoms with Gasteiger partial charge in [0, 0.05) is 12.1 Å². The molecule has 0 radical (unpaired) electrons. The van der Waals surface area contributed by atoms with Crippen molar-refractivity contribution >= 4 is 17.3 Å². The average molecular weight is 464 g/mol. The minimum absolute atomic E-state index is 0.158. The van der Waals surface area contributed by atoms with Gasteiger partial charge in [-0.15, -0.1) is 0 Å². The number of nitrogens with one attached hydrogen (secondary N) is 1. The molecule has 1 fully saturated rings. The standard InChI is InChI=1S/C26H29N3O5/c1-17-11-18(2)19(3)25(12-17)34-23-14-20(13-21(15-23)29(31)32)27-26(30)24-8-7-22(33-24)16-28-9-5-4-6-10-28/h7-8,11-15H,4-6,9-10,16H2,1-3H3,(H,27,30). The minimum atomic E-state index is -0.513. The first-order chi connectivity index (χ1) is 16.3. The second-order valence-electron chi connectivity index (χ2n) is 8.84. The van der Waals surface area contributed by atoms with E-state index in [1.54, 1.807) is 18.2 Å². The number of anilines is 1. The first-order valence-corrected chi connectivity index (χ1v) is 11.5. The largest absolute Gasteiger partial charge is 0.457 e. The lowest BCUT2D eigenvalue weighted by Gasteiger charge is -2.25. The van der Waals surface area contributed by atoms with Crippen molar-refractivity contribution in [2.75, 3.05) is 18.4 Å². The second kappa shape index (κ2) is 10.1. The first kappa shape index (κ1) is 23.5. The van der Waals surface area contributed by atoms with Gasteiger partial charge >= 0.3 is 0 Å². The van der Waals surface area contributed by atoms with Crippen LogP contribution in [0.5, 0.6) is 11.5 Å². The Kier molecular flexibility index (Phi) is 6.98. The number of hydrogen-bond donors (Lipinski definition) is 1. The summed E-state index contributed by atoms with van der Waals surface area (Å²) in [6.07, 6.45) is 3.60. The number of carbonyl (C=O) groups is 1. The van der Waals surface area contributed by atoms with Crippen LogP contribution in [0.15, 0.2) is 46.9 Å². The molecule has 0 spiro atoms. The van der Waals surface area contributed by atoms with Gasteiger partial charge in [0.1, 0.15) is 17.3 Å². The van der Waals surface area contributed by atoms with Gasteiger partial charge in [-0.3, -0.25) is 19.8 Å². The Balaban J connectivity index is 1.52. The number of ether oxygens (including phenoxy) is 1. The number of likely N-dealkylation sites (tertiary alicyclic amines) is 1. The van der Waals surface area contributed by atoms with Crippen molar-refractivity contribution < 1.29 is 18.9 Å². The van der Waals surface area contributed by atoms with E-state index in [4.69, 9.17) is 9.15 Å². The summed E-state index contributed by atoms with van der Waals surface area (Å²) in [5, 5.41) is 14.2. The Labute approximate surface area is 198 Å². The quantitative estimate of drug-likeness (QED) is 0.334. The molecule has 2 aromatic carbocycles. The van der Waals surface area contributed by atoms with Gasteiger partial charge in [-0.25, -0.2) is 0 Å². The molecule has 4 rings (SSSR count). The van der Waals surface area contributed by atoms with E-state index >= 15 is 0 Å². The van der Waals surface area contributed by atoms with Crippen molar-refractivity contribution in [2.24, 2.45) is 0 Å². The number of nitro benzene ring substituents is 1. The lowest BCUT2D eigenvalue weighted by molar-refractivity contribution is -0.384. The number of benzene rings is 2. The molecule has 3 aromatic rings. The van der Waals surface area contributed by atoms with Crippen LogP contribution < -0.4 is 10.1 Å². The number of furan rings is 1. The number of piperidine rings is 1. The molecule has 1 aliphatic rings. The molecule has 0 atom stereocenters. The van der Waals surface area contributed by atoms with Gasteiger partial charge in [0.2, 0.25) is 0 Å². The van der Waals surface area contributed by atoms with Gasteiger partial charge in [0.05, 0.1) is 23.2 Å². The number of hydrogen-bond acceptors (Lipinski definition) is 6. The molecular formula is C26H29N3O5. The Morgan fingerprint density at radius 1 is 1.09 bits per heavy atom. The van der Waals surface area contributed by atoms with Crippen LogP contribution in [0.2, 0.25) is 0 Å². The molecule has 0 unspecified atom stereocenters. The van der Waals surface area contributed by atoms with Gasteiger partial charge in [-0.2, -0.15) is 0 Å². The maximum Gasteiger partial charge on any atom is 0.291 e. The third-order valence-corrected chi connectivity index (χ3v) is 6.07. The highest BCUT2D eigenvalue weighted by Crippen LogP contribution is 2.33. The molecule has 178 valence electrons. The van der Waals surface area contributed by atoms with E-state index < -0.39 is 10.8 Å². The van der Waals surface area contributed by atoms with Gasteiger partial charge in [0.15, 0.2) is 5.76 Å². The lowest BCUT2D eigenvalue weighted by Crippen LogP contribution is -2.28. The number of non-ortho nitro benzene ring substituents is 1. The molecule has 8 heteroatoms. The summed E-state index contributed by atoms with van der Waals surface area (Å²) in [5.41, 5.74) is 3.10. The Bertz CT molecular complexity index is 1210. The molecule has 1 aliphatic heterocycles. The molecular weight excluding hydrogens is 434 g/mol. The van der Waals surface area contributed by atoms with Crippen LogP contribution in [-0.2, 0) is 6.54 Å². The fourth-order valence-electron chi connectivity index (χ4n) is 4.17. The highest BCUT2D eigenvalue weighted by Gasteiger charge is 2.18. The summed E-state index contributed by atoms with van der Waals surface area (Å²) in [6, 6.07) is 11.6. The van der Waals surface area contributed by atoms with E-state index in [2.05, 4.69) is 10.2 Å². The minimum Gasteiger partial charge on any atom is -0.457 e. The molecule has 0 bridgehead atoms. The van der Waals surface area contributed by atoms with E-state index in [9.17, 15) is 14.9 Å². The second-order valence-corrected chi connectivity index (χ2v) is 8.84. The maximum atomic E-state index is 12.8. The number of carbonyl (C=O) groups excluding carboxylic acids is 1. The van der Waals surface area contributed by atoms with Gasteiger partial charge < -0.3 is 14.5 Å². The fourth-order valence-corrected chi connectivity index (χ4v) is 4.17. The molecule has 8 nitrogen and oxygen atoms in total. The Hall–Kier alpha value is -3.65. The third-order valence-electron chi connectivity index (χ3n) is 6.07. The summed E-state index contributed by atoms with van der Waals surface area (Å²) in [7, 11) is 0. The van der Waals surface area contributed by atoms with Gasteiger partial charge in [-0.05, 0) is 81.6 Å². The molecule has 1 amide bonds. The van der Waals surface area contributed by atoms with Crippen molar-refractivity contribution in [1.29, 1.82) is 0 Å². The highest BCUT2D eigenvalue weighted by atomic mass is 16.6. The van der Waals surface area contributed by atoms with E-state index in [1.165, 1.54) is 31.4 Å². The maximum absolute atomic E-state index is 12.8. The van der Waals surface area contributed by atoms with E-state index in [-0.39, 0.29) is 22.9 Å². The molecule has 1 aromatic heterocycles. The zero-order chi connectivity index (χ0) is 24.2. The van der Waals surface area contributed by atoms with Crippen LogP contribution in [0.1, 0.15) is 52.3 Å². The summed E-state index contributed by atoms with van der Waals surface area (Å²) in [6.45, 7) is 8.59. The van der Waals surface area contributed by atoms with E-state index in [0.29, 0.717) is 12.3 Å². The van der Waals surface area contributed by atoms with Crippen molar-refractivity contribution in [2.45, 2.75) is 46.6 Å². The summed E-state index contributed by atoms with van der Waals surface area (Å²) < 4.78 is 11.7. The number of rotatable bonds is 7. The number of nitro groups is 1. The molecule has 34 heavy (non-hydrogen) atoms. The van der Waals surface area contributed by atoms with Crippen LogP contribution in [0, 0.1) is 30.9 Å². The highest BCUT2D eigenvalue weighted by molar-refractivity contribution is 6.02. The van der Waals surface area contributed by atoms with E-state index in [1.807, 2.05) is 32.9 Å². The van der Waals surface area contributed by atoms with Crippen molar-refractivity contribution in [3.8, 4) is 11.5 Å². The summed E-state index contributed by atoms with van der Waals surface area (Å²) >= 11 is 0.